The van der Waals surface area contributed by atoms with Gasteiger partial charge in [0.25, 0.3) is 0 Å². The Labute approximate surface area is 95.7 Å². The molecule has 0 heterocycles. The SMILES string of the molecule is CN(Cc1ccc2c(c1)CCCC2)C(=O)O. The summed E-state index contributed by atoms with van der Waals surface area (Å²) >= 11 is 0. The molecule has 0 aliphatic heterocycles. The van der Waals surface area contributed by atoms with Crippen molar-refractivity contribution in [1.29, 1.82) is 0 Å². The van der Waals surface area contributed by atoms with E-state index in [0.29, 0.717) is 6.54 Å². The highest BCUT2D eigenvalue weighted by atomic mass is 16.4. The number of aryl methyl sites for hydroxylation is 2. The first-order chi connectivity index (χ1) is 7.66. The fourth-order valence-electron chi connectivity index (χ4n) is 2.23. The molecule has 1 amide bonds. The number of carbonyl (C=O) groups is 1. The Morgan fingerprint density at radius 2 is 2.00 bits per heavy atom. The minimum absolute atomic E-state index is 0.475. The quantitative estimate of drug-likeness (QED) is 0.830. The first kappa shape index (κ1) is 11.0. The average Bonchev–Trinajstić information content (AvgIpc) is 2.28. The van der Waals surface area contributed by atoms with Crippen molar-refractivity contribution in [2.75, 3.05) is 7.05 Å². The fraction of sp³-hybridized carbons (Fsp3) is 0.462. The van der Waals surface area contributed by atoms with Crippen LogP contribution in [0, 0.1) is 0 Å². The van der Waals surface area contributed by atoms with Crippen LogP contribution in [0.25, 0.3) is 0 Å². The van der Waals surface area contributed by atoms with E-state index >= 15 is 0 Å². The molecule has 3 nitrogen and oxygen atoms in total. The van der Waals surface area contributed by atoms with Gasteiger partial charge in [-0.15, -0.1) is 0 Å². The van der Waals surface area contributed by atoms with E-state index in [9.17, 15) is 4.79 Å². The molecule has 0 saturated heterocycles. The Morgan fingerprint density at radius 3 is 2.69 bits per heavy atom. The number of carboxylic acid groups (broad SMARTS) is 1. The van der Waals surface area contributed by atoms with E-state index in [1.807, 2.05) is 6.07 Å². The van der Waals surface area contributed by atoms with Crippen LogP contribution in [0.2, 0.25) is 0 Å². The summed E-state index contributed by atoms with van der Waals surface area (Å²) < 4.78 is 0. The Morgan fingerprint density at radius 1 is 1.31 bits per heavy atom. The van der Waals surface area contributed by atoms with E-state index in [2.05, 4.69) is 12.1 Å². The van der Waals surface area contributed by atoms with Crippen LogP contribution in [0.15, 0.2) is 18.2 Å². The molecule has 16 heavy (non-hydrogen) atoms. The number of benzene rings is 1. The minimum Gasteiger partial charge on any atom is -0.465 e. The molecule has 0 aromatic heterocycles. The first-order valence-corrected chi connectivity index (χ1v) is 5.71. The van der Waals surface area contributed by atoms with Crippen molar-refractivity contribution >= 4 is 6.09 Å². The second kappa shape index (κ2) is 4.56. The van der Waals surface area contributed by atoms with Crippen LogP contribution in [0.4, 0.5) is 4.79 Å². The zero-order valence-corrected chi connectivity index (χ0v) is 9.57. The van der Waals surface area contributed by atoms with Crippen LogP contribution in [-0.4, -0.2) is 23.1 Å². The predicted octanol–water partition coefficient (Wildman–Crippen LogP) is 2.68. The van der Waals surface area contributed by atoms with Crippen LogP contribution in [0.3, 0.4) is 0 Å². The third kappa shape index (κ3) is 2.35. The van der Waals surface area contributed by atoms with Gasteiger partial charge in [-0.2, -0.15) is 0 Å². The van der Waals surface area contributed by atoms with Gasteiger partial charge in [-0.05, 0) is 42.4 Å². The highest BCUT2D eigenvalue weighted by Crippen LogP contribution is 2.22. The third-order valence-electron chi connectivity index (χ3n) is 3.16. The van der Waals surface area contributed by atoms with Crippen molar-refractivity contribution in [3.05, 3.63) is 34.9 Å². The zero-order chi connectivity index (χ0) is 11.5. The summed E-state index contributed by atoms with van der Waals surface area (Å²) in [6, 6.07) is 6.36. The lowest BCUT2D eigenvalue weighted by Gasteiger charge is -2.18. The molecular weight excluding hydrogens is 202 g/mol. The minimum atomic E-state index is -0.877. The second-order valence-corrected chi connectivity index (χ2v) is 4.45. The number of rotatable bonds is 2. The summed E-state index contributed by atoms with van der Waals surface area (Å²) in [7, 11) is 1.60. The summed E-state index contributed by atoms with van der Waals surface area (Å²) in [6.07, 6.45) is 3.97. The maximum Gasteiger partial charge on any atom is 0.407 e. The standard InChI is InChI=1S/C13H17NO2/c1-14(13(15)16)9-10-6-7-11-4-2-3-5-12(11)8-10/h6-8H,2-5,9H2,1H3,(H,15,16). The molecular formula is C13H17NO2. The van der Waals surface area contributed by atoms with Gasteiger partial charge in [0.15, 0.2) is 0 Å². The Kier molecular flexibility index (Phi) is 3.13. The molecule has 2 rings (SSSR count). The Balaban J connectivity index is 2.14. The molecule has 0 fully saturated rings. The first-order valence-electron chi connectivity index (χ1n) is 5.71. The number of amides is 1. The van der Waals surface area contributed by atoms with Crippen LogP contribution in [0.5, 0.6) is 0 Å². The van der Waals surface area contributed by atoms with Gasteiger partial charge in [0, 0.05) is 13.6 Å². The van der Waals surface area contributed by atoms with Crippen molar-refractivity contribution in [3.8, 4) is 0 Å². The average molecular weight is 219 g/mol. The molecule has 0 saturated carbocycles. The number of fused-ring (bicyclic) bond motifs is 1. The lowest BCUT2D eigenvalue weighted by molar-refractivity contribution is 0.153. The number of hydrogen-bond acceptors (Lipinski definition) is 1. The lowest BCUT2D eigenvalue weighted by Crippen LogP contribution is -2.24. The normalized spacial score (nSPS) is 14.3. The van der Waals surface area contributed by atoms with Gasteiger partial charge in [0.05, 0.1) is 0 Å². The van der Waals surface area contributed by atoms with Crippen LogP contribution in [-0.2, 0) is 19.4 Å². The van der Waals surface area contributed by atoms with Gasteiger partial charge in [0.2, 0.25) is 0 Å². The van der Waals surface area contributed by atoms with Gasteiger partial charge in [-0.3, -0.25) is 0 Å². The molecule has 0 spiro atoms. The Bertz CT molecular complexity index is 401. The van der Waals surface area contributed by atoms with Crippen molar-refractivity contribution in [3.63, 3.8) is 0 Å². The van der Waals surface area contributed by atoms with Gasteiger partial charge in [-0.25, -0.2) is 4.79 Å². The van der Waals surface area contributed by atoms with Crippen molar-refractivity contribution in [2.45, 2.75) is 32.2 Å². The van der Waals surface area contributed by atoms with E-state index in [1.54, 1.807) is 7.05 Å². The molecule has 1 N–H and O–H groups in total. The molecule has 1 aromatic rings. The molecule has 1 aliphatic rings. The number of nitrogens with zero attached hydrogens (tertiary/aromatic N) is 1. The van der Waals surface area contributed by atoms with E-state index in [-0.39, 0.29) is 0 Å². The molecule has 0 atom stereocenters. The number of hydrogen-bond donors (Lipinski definition) is 1. The fourth-order valence-corrected chi connectivity index (χ4v) is 2.23. The summed E-state index contributed by atoms with van der Waals surface area (Å²) in [5, 5.41) is 8.81. The van der Waals surface area contributed by atoms with Gasteiger partial charge < -0.3 is 10.0 Å². The molecule has 0 radical (unpaired) electrons. The third-order valence-corrected chi connectivity index (χ3v) is 3.16. The van der Waals surface area contributed by atoms with Crippen LogP contribution in [0.1, 0.15) is 29.5 Å². The van der Waals surface area contributed by atoms with E-state index < -0.39 is 6.09 Å². The second-order valence-electron chi connectivity index (χ2n) is 4.45. The highest BCUT2D eigenvalue weighted by Gasteiger charge is 2.11. The summed E-state index contributed by atoms with van der Waals surface area (Å²) in [4.78, 5) is 12.0. The van der Waals surface area contributed by atoms with Gasteiger partial charge in [-0.1, -0.05) is 18.2 Å². The molecule has 86 valence electrons. The topological polar surface area (TPSA) is 40.5 Å². The van der Waals surface area contributed by atoms with E-state index in [1.165, 1.54) is 35.3 Å². The summed E-state index contributed by atoms with van der Waals surface area (Å²) in [6.45, 7) is 0.475. The molecule has 0 unspecified atom stereocenters. The lowest BCUT2D eigenvalue weighted by atomic mass is 9.90. The van der Waals surface area contributed by atoms with E-state index in [0.717, 1.165) is 12.0 Å². The maximum absolute atomic E-state index is 10.7. The smallest absolute Gasteiger partial charge is 0.407 e. The van der Waals surface area contributed by atoms with Gasteiger partial charge >= 0.3 is 6.09 Å². The van der Waals surface area contributed by atoms with Crippen molar-refractivity contribution in [1.82, 2.24) is 4.90 Å². The van der Waals surface area contributed by atoms with Gasteiger partial charge in [0.1, 0.15) is 0 Å². The Hall–Kier alpha value is -1.51. The van der Waals surface area contributed by atoms with E-state index in [4.69, 9.17) is 5.11 Å². The van der Waals surface area contributed by atoms with Crippen molar-refractivity contribution in [2.24, 2.45) is 0 Å². The summed E-state index contributed by atoms with van der Waals surface area (Å²) in [5.74, 6) is 0. The van der Waals surface area contributed by atoms with Crippen LogP contribution < -0.4 is 0 Å². The molecule has 3 heteroatoms. The largest absolute Gasteiger partial charge is 0.465 e. The molecule has 0 bridgehead atoms. The van der Waals surface area contributed by atoms with Crippen LogP contribution >= 0.6 is 0 Å². The predicted molar refractivity (Wildman–Crippen MR) is 62.6 cm³/mol. The monoisotopic (exact) mass is 219 g/mol. The van der Waals surface area contributed by atoms with Crippen molar-refractivity contribution < 1.29 is 9.90 Å². The highest BCUT2D eigenvalue weighted by molar-refractivity contribution is 5.64. The summed E-state index contributed by atoms with van der Waals surface area (Å²) in [5.41, 5.74) is 3.93. The maximum atomic E-state index is 10.7. The zero-order valence-electron chi connectivity index (χ0n) is 9.57. The molecule has 1 aromatic carbocycles. The molecule has 1 aliphatic carbocycles.